The van der Waals surface area contributed by atoms with E-state index < -0.39 is 11.4 Å². The minimum absolute atomic E-state index is 0.0681. The maximum absolute atomic E-state index is 12.6. The molecule has 1 heterocycles. The number of hydrogen-bond acceptors (Lipinski definition) is 5. The SMILES string of the molecule is CC(C)(C)c1ccc(O)c(CC(=O)Cc2ccnc(C(=O)NC3(C#N)CCC3)c2)c1. The minimum Gasteiger partial charge on any atom is -0.508 e. The number of amides is 1. The van der Waals surface area contributed by atoms with E-state index in [-0.39, 0.29) is 35.5 Å². The number of aromatic hydroxyl groups is 1. The Morgan fingerprint density at radius 2 is 1.93 bits per heavy atom. The predicted molar refractivity (Wildman–Crippen MR) is 113 cm³/mol. The summed E-state index contributed by atoms with van der Waals surface area (Å²) >= 11 is 0. The Bertz CT molecular complexity index is 1010. The van der Waals surface area contributed by atoms with Crippen LogP contribution in [-0.4, -0.2) is 27.3 Å². The molecule has 3 rings (SSSR count). The van der Waals surface area contributed by atoms with E-state index in [0.717, 1.165) is 12.0 Å². The standard InChI is InChI=1S/C24H27N3O3/c1-23(2,3)18-5-6-21(29)17(13-18)14-19(28)11-16-7-10-26-20(12-16)22(30)27-24(15-25)8-4-9-24/h5-7,10,12-13,29H,4,8-9,11,14H2,1-3H3,(H,27,30). The molecule has 0 radical (unpaired) electrons. The summed E-state index contributed by atoms with van der Waals surface area (Å²) in [6.07, 6.45) is 3.94. The summed E-state index contributed by atoms with van der Waals surface area (Å²) in [5.74, 6) is -0.365. The van der Waals surface area contributed by atoms with Gasteiger partial charge in [0.1, 0.15) is 22.8 Å². The molecule has 2 N–H and O–H groups in total. The van der Waals surface area contributed by atoms with E-state index >= 15 is 0 Å². The van der Waals surface area contributed by atoms with Crippen LogP contribution >= 0.6 is 0 Å². The molecule has 1 fully saturated rings. The minimum atomic E-state index is -0.791. The van der Waals surface area contributed by atoms with Gasteiger partial charge in [-0.1, -0.05) is 32.9 Å². The first-order valence-corrected chi connectivity index (χ1v) is 10.1. The maximum atomic E-state index is 12.6. The van der Waals surface area contributed by atoms with Crippen molar-refractivity contribution in [2.75, 3.05) is 0 Å². The fourth-order valence-electron chi connectivity index (χ4n) is 3.48. The van der Waals surface area contributed by atoms with Gasteiger partial charge < -0.3 is 10.4 Å². The number of aromatic nitrogens is 1. The van der Waals surface area contributed by atoms with E-state index in [1.807, 2.05) is 12.1 Å². The Labute approximate surface area is 177 Å². The number of carbonyl (C=O) groups excluding carboxylic acids is 2. The van der Waals surface area contributed by atoms with Crippen molar-refractivity contribution in [3.05, 3.63) is 58.9 Å². The largest absolute Gasteiger partial charge is 0.508 e. The fourth-order valence-corrected chi connectivity index (χ4v) is 3.48. The van der Waals surface area contributed by atoms with Crippen LogP contribution < -0.4 is 5.32 Å². The molecule has 0 aliphatic heterocycles. The first kappa shape index (κ1) is 21.5. The van der Waals surface area contributed by atoms with Crippen LogP contribution in [0.5, 0.6) is 5.75 Å². The third kappa shape index (κ3) is 4.85. The van der Waals surface area contributed by atoms with Crippen LogP contribution in [0.25, 0.3) is 0 Å². The molecule has 1 aliphatic rings. The summed E-state index contributed by atoms with van der Waals surface area (Å²) in [5, 5.41) is 22.2. The molecule has 1 amide bonds. The number of ketones is 1. The van der Waals surface area contributed by atoms with Crippen molar-refractivity contribution in [2.24, 2.45) is 0 Å². The van der Waals surface area contributed by atoms with Crippen LogP contribution in [0.1, 0.15) is 67.2 Å². The van der Waals surface area contributed by atoms with Crippen LogP contribution in [0.2, 0.25) is 0 Å². The van der Waals surface area contributed by atoms with E-state index in [2.05, 4.69) is 37.1 Å². The average Bonchev–Trinajstić information content (AvgIpc) is 2.65. The lowest BCUT2D eigenvalue weighted by atomic mass is 9.78. The summed E-state index contributed by atoms with van der Waals surface area (Å²) in [6.45, 7) is 6.23. The zero-order chi connectivity index (χ0) is 21.9. The summed E-state index contributed by atoms with van der Waals surface area (Å²) in [5.41, 5.74) is 1.64. The number of phenols is 1. The lowest BCUT2D eigenvalue weighted by molar-refractivity contribution is -0.117. The number of phenolic OH excluding ortho intramolecular Hbond substituents is 1. The predicted octanol–water partition coefficient (Wildman–Crippen LogP) is 3.62. The molecule has 1 saturated carbocycles. The highest BCUT2D eigenvalue weighted by Gasteiger charge is 2.39. The number of rotatable bonds is 6. The number of nitrogens with zero attached hydrogens (tertiary/aromatic N) is 2. The van der Waals surface area contributed by atoms with Crippen molar-refractivity contribution in [1.82, 2.24) is 10.3 Å². The van der Waals surface area contributed by atoms with Gasteiger partial charge in [-0.05, 0) is 54.0 Å². The molecule has 6 heteroatoms. The van der Waals surface area contributed by atoms with Crippen molar-refractivity contribution in [3.8, 4) is 11.8 Å². The Morgan fingerprint density at radius 1 is 1.20 bits per heavy atom. The van der Waals surface area contributed by atoms with Crippen molar-refractivity contribution < 1.29 is 14.7 Å². The normalized spacial score (nSPS) is 15.0. The van der Waals surface area contributed by atoms with Crippen LogP contribution in [0.3, 0.4) is 0 Å². The molecule has 1 aromatic heterocycles. The number of benzene rings is 1. The van der Waals surface area contributed by atoms with Gasteiger partial charge in [0.2, 0.25) is 0 Å². The highest BCUT2D eigenvalue weighted by molar-refractivity contribution is 5.93. The molecular weight excluding hydrogens is 378 g/mol. The molecule has 1 aromatic carbocycles. The number of pyridine rings is 1. The lowest BCUT2D eigenvalue weighted by Gasteiger charge is -2.35. The maximum Gasteiger partial charge on any atom is 0.271 e. The van der Waals surface area contributed by atoms with Gasteiger partial charge in [-0.3, -0.25) is 14.6 Å². The summed E-state index contributed by atoms with van der Waals surface area (Å²) in [7, 11) is 0. The van der Waals surface area contributed by atoms with Gasteiger partial charge in [0, 0.05) is 24.6 Å². The Kier molecular flexibility index (Phi) is 5.93. The van der Waals surface area contributed by atoms with E-state index in [4.69, 9.17) is 0 Å². The monoisotopic (exact) mass is 405 g/mol. The zero-order valence-electron chi connectivity index (χ0n) is 17.7. The van der Waals surface area contributed by atoms with Gasteiger partial charge in [-0.25, -0.2) is 0 Å². The first-order valence-electron chi connectivity index (χ1n) is 10.1. The molecular formula is C24H27N3O3. The first-order chi connectivity index (χ1) is 14.1. The van der Waals surface area contributed by atoms with Crippen LogP contribution in [0, 0.1) is 11.3 Å². The summed E-state index contributed by atoms with van der Waals surface area (Å²) in [4.78, 5) is 29.2. The summed E-state index contributed by atoms with van der Waals surface area (Å²) in [6, 6.07) is 10.8. The Morgan fingerprint density at radius 3 is 2.53 bits per heavy atom. The third-order valence-corrected chi connectivity index (χ3v) is 5.57. The van der Waals surface area contributed by atoms with Gasteiger partial charge >= 0.3 is 0 Å². The quantitative estimate of drug-likeness (QED) is 0.764. The van der Waals surface area contributed by atoms with E-state index in [1.165, 1.54) is 6.20 Å². The van der Waals surface area contributed by atoms with Crippen molar-refractivity contribution in [2.45, 2.75) is 63.8 Å². The van der Waals surface area contributed by atoms with Crippen molar-refractivity contribution >= 4 is 11.7 Å². The van der Waals surface area contributed by atoms with E-state index in [9.17, 15) is 20.0 Å². The smallest absolute Gasteiger partial charge is 0.271 e. The molecule has 0 saturated heterocycles. The molecule has 30 heavy (non-hydrogen) atoms. The topological polar surface area (TPSA) is 103 Å². The Balaban J connectivity index is 1.69. The highest BCUT2D eigenvalue weighted by Crippen LogP contribution is 2.31. The van der Waals surface area contributed by atoms with Crippen LogP contribution in [-0.2, 0) is 23.1 Å². The van der Waals surface area contributed by atoms with E-state index in [0.29, 0.717) is 24.0 Å². The number of Topliss-reactive ketones (excluding diaryl/α,β-unsaturated/α-hetero) is 1. The number of hydrogen-bond donors (Lipinski definition) is 2. The molecule has 0 atom stereocenters. The fraction of sp³-hybridized carbons (Fsp3) is 0.417. The molecule has 1 aliphatic carbocycles. The second kappa shape index (κ2) is 8.27. The molecule has 0 spiro atoms. The Hall–Kier alpha value is -3.20. The zero-order valence-corrected chi connectivity index (χ0v) is 17.7. The van der Waals surface area contributed by atoms with E-state index in [1.54, 1.807) is 18.2 Å². The third-order valence-electron chi connectivity index (χ3n) is 5.57. The number of carbonyl (C=O) groups is 2. The number of nitrogens with one attached hydrogen (secondary N) is 1. The lowest BCUT2D eigenvalue weighted by Crippen LogP contribution is -2.52. The summed E-state index contributed by atoms with van der Waals surface area (Å²) < 4.78 is 0. The molecule has 0 bridgehead atoms. The van der Waals surface area contributed by atoms with Crippen LogP contribution in [0.4, 0.5) is 0 Å². The molecule has 2 aromatic rings. The van der Waals surface area contributed by atoms with Gasteiger partial charge in [0.05, 0.1) is 6.07 Å². The van der Waals surface area contributed by atoms with Crippen molar-refractivity contribution in [3.63, 3.8) is 0 Å². The number of nitriles is 1. The second-order valence-corrected chi connectivity index (χ2v) is 9.04. The molecule has 156 valence electrons. The molecule has 0 unspecified atom stereocenters. The van der Waals surface area contributed by atoms with Gasteiger partial charge in [-0.2, -0.15) is 5.26 Å². The molecule has 6 nitrogen and oxygen atoms in total. The van der Waals surface area contributed by atoms with Gasteiger partial charge in [-0.15, -0.1) is 0 Å². The average molecular weight is 405 g/mol. The van der Waals surface area contributed by atoms with Gasteiger partial charge in [0.15, 0.2) is 0 Å². The van der Waals surface area contributed by atoms with Crippen molar-refractivity contribution in [1.29, 1.82) is 5.26 Å². The highest BCUT2D eigenvalue weighted by atomic mass is 16.3. The second-order valence-electron chi connectivity index (χ2n) is 9.04. The van der Waals surface area contributed by atoms with Crippen LogP contribution in [0.15, 0.2) is 36.5 Å². The van der Waals surface area contributed by atoms with Gasteiger partial charge in [0.25, 0.3) is 5.91 Å².